The van der Waals surface area contributed by atoms with Gasteiger partial charge in [-0.25, -0.2) is 0 Å². The summed E-state index contributed by atoms with van der Waals surface area (Å²) in [5, 5.41) is 9.46. The van der Waals surface area contributed by atoms with Crippen molar-refractivity contribution >= 4 is 15.9 Å². The van der Waals surface area contributed by atoms with Crippen LogP contribution in [0.2, 0.25) is 0 Å². The number of aliphatic hydroxyl groups is 1. The summed E-state index contributed by atoms with van der Waals surface area (Å²) < 4.78 is 1.12. The second-order valence-electron chi connectivity index (χ2n) is 4.90. The first kappa shape index (κ1) is 13.1. The van der Waals surface area contributed by atoms with Gasteiger partial charge in [0, 0.05) is 17.1 Å². The normalized spacial score (nSPS) is 20.4. The zero-order valence-corrected chi connectivity index (χ0v) is 11.9. The number of likely N-dealkylation sites (tertiary alicyclic amines) is 1. The molecule has 2 atom stereocenters. The summed E-state index contributed by atoms with van der Waals surface area (Å²) in [6.07, 6.45) is 2.56. The third-order valence-electron chi connectivity index (χ3n) is 3.55. The highest BCUT2D eigenvalue weighted by molar-refractivity contribution is 9.10. The molecule has 2 nitrogen and oxygen atoms in total. The summed E-state index contributed by atoms with van der Waals surface area (Å²) in [4.78, 5) is 2.50. The molecule has 2 unspecified atom stereocenters. The molecule has 0 amide bonds. The number of rotatable bonds is 4. The topological polar surface area (TPSA) is 23.5 Å². The van der Waals surface area contributed by atoms with E-state index < -0.39 is 0 Å². The van der Waals surface area contributed by atoms with Gasteiger partial charge < -0.3 is 5.11 Å². The zero-order chi connectivity index (χ0) is 12.3. The van der Waals surface area contributed by atoms with Gasteiger partial charge in [-0.2, -0.15) is 0 Å². The van der Waals surface area contributed by atoms with Gasteiger partial charge in [0.1, 0.15) is 0 Å². The molecule has 1 heterocycles. The molecule has 1 aromatic rings. The molecule has 0 aliphatic carbocycles. The van der Waals surface area contributed by atoms with Gasteiger partial charge >= 0.3 is 0 Å². The van der Waals surface area contributed by atoms with E-state index in [2.05, 4.69) is 46.0 Å². The van der Waals surface area contributed by atoms with E-state index >= 15 is 0 Å². The van der Waals surface area contributed by atoms with Crippen molar-refractivity contribution in [3.63, 3.8) is 0 Å². The van der Waals surface area contributed by atoms with Crippen LogP contribution in [0.15, 0.2) is 28.7 Å². The van der Waals surface area contributed by atoms with Gasteiger partial charge in [-0.15, -0.1) is 0 Å². The van der Waals surface area contributed by atoms with Crippen molar-refractivity contribution in [2.24, 2.45) is 5.92 Å². The van der Waals surface area contributed by atoms with Gasteiger partial charge in [0.05, 0.1) is 0 Å². The quantitative estimate of drug-likeness (QED) is 0.922. The van der Waals surface area contributed by atoms with Crippen LogP contribution >= 0.6 is 15.9 Å². The van der Waals surface area contributed by atoms with E-state index in [1.54, 1.807) is 0 Å². The lowest BCUT2D eigenvalue weighted by molar-refractivity contribution is 0.126. The SMILES string of the molecule is CC(CO)C(c1cccc(Br)c1)N1CCCC1. The molecule has 1 aliphatic heterocycles. The van der Waals surface area contributed by atoms with Crippen molar-refractivity contribution in [3.8, 4) is 0 Å². The van der Waals surface area contributed by atoms with Crippen molar-refractivity contribution in [1.82, 2.24) is 4.90 Å². The number of aliphatic hydroxyl groups excluding tert-OH is 1. The van der Waals surface area contributed by atoms with Crippen LogP contribution in [0.25, 0.3) is 0 Å². The standard InChI is InChI=1S/C14H20BrNO/c1-11(10-17)14(16-7-2-3-8-16)12-5-4-6-13(15)9-12/h4-6,9,11,14,17H,2-3,7-8,10H2,1H3. The molecule has 0 saturated carbocycles. The molecule has 3 heteroatoms. The summed E-state index contributed by atoms with van der Waals surface area (Å²) in [5.41, 5.74) is 1.31. The predicted molar refractivity (Wildman–Crippen MR) is 73.9 cm³/mol. The van der Waals surface area contributed by atoms with Crippen LogP contribution in [0, 0.1) is 5.92 Å². The van der Waals surface area contributed by atoms with Crippen molar-refractivity contribution in [2.45, 2.75) is 25.8 Å². The molecule has 1 aliphatic rings. The molecule has 1 aromatic carbocycles. The van der Waals surface area contributed by atoms with Crippen LogP contribution in [0.1, 0.15) is 31.4 Å². The van der Waals surface area contributed by atoms with Gasteiger partial charge in [0.2, 0.25) is 0 Å². The number of benzene rings is 1. The first-order valence-electron chi connectivity index (χ1n) is 6.32. The van der Waals surface area contributed by atoms with Gasteiger partial charge in [-0.1, -0.05) is 35.0 Å². The zero-order valence-electron chi connectivity index (χ0n) is 10.3. The predicted octanol–water partition coefficient (Wildman–Crippen LogP) is 3.21. The summed E-state index contributed by atoms with van der Waals surface area (Å²) in [6, 6.07) is 8.82. The summed E-state index contributed by atoms with van der Waals surface area (Å²) in [6.45, 7) is 4.68. The lowest BCUT2D eigenvalue weighted by atomic mass is 9.94. The maximum Gasteiger partial charge on any atom is 0.0474 e. The number of nitrogens with zero attached hydrogens (tertiary/aromatic N) is 1. The molecular formula is C14H20BrNO. The Bertz CT molecular complexity index is 363. The minimum Gasteiger partial charge on any atom is -0.396 e. The van der Waals surface area contributed by atoms with E-state index in [4.69, 9.17) is 0 Å². The lowest BCUT2D eigenvalue weighted by Gasteiger charge is -2.32. The van der Waals surface area contributed by atoms with E-state index in [0.29, 0.717) is 6.04 Å². The smallest absolute Gasteiger partial charge is 0.0474 e. The Morgan fingerprint density at radius 3 is 2.65 bits per heavy atom. The lowest BCUT2D eigenvalue weighted by Crippen LogP contribution is -2.31. The third-order valence-corrected chi connectivity index (χ3v) is 4.04. The minimum absolute atomic E-state index is 0.244. The fraction of sp³-hybridized carbons (Fsp3) is 0.571. The van der Waals surface area contributed by atoms with Gasteiger partial charge in [0.15, 0.2) is 0 Å². The molecule has 17 heavy (non-hydrogen) atoms. The molecule has 0 radical (unpaired) electrons. The Kier molecular flexibility index (Phi) is 4.60. The molecule has 0 spiro atoms. The maximum atomic E-state index is 9.46. The van der Waals surface area contributed by atoms with E-state index in [1.165, 1.54) is 18.4 Å². The van der Waals surface area contributed by atoms with E-state index in [-0.39, 0.29) is 12.5 Å². The summed E-state index contributed by atoms with van der Waals surface area (Å²) in [7, 11) is 0. The Balaban J connectivity index is 2.25. The largest absolute Gasteiger partial charge is 0.396 e. The van der Waals surface area contributed by atoms with Gasteiger partial charge in [-0.05, 0) is 49.5 Å². The first-order valence-corrected chi connectivity index (χ1v) is 7.12. The van der Waals surface area contributed by atoms with Crippen LogP contribution < -0.4 is 0 Å². The Hall–Kier alpha value is -0.380. The second kappa shape index (κ2) is 5.98. The van der Waals surface area contributed by atoms with Crippen LogP contribution in [0.4, 0.5) is 0 Å². The highest BCUT2D eigenvalue weighted by Crippen LogP contribution is 2.32. The first-order chi connectivity index (χ1) is 8.22. The van der Waals surface area contributed by atoms with Crippen molar-refractivity contribution in [1.29, 1.82) is 0 Å². The molecule has 0 aromatic heterocycles. The Morgan fingerprint density at radius 1 is 1.35 bits per heavy atom. The van der Waals surface area contributed by atoms with Crippen molar-refractivity contribution < 1.29 is 5.11 Å². The van der Waals surface area contributed by atoms with Crippen LogP contribution in [0.5, 0.6) is 0 Å². The Morgan fingerprint density at radius 2 is 2.06 bits per heavy atom. The highest BCUT2D eigenvalue weighted by Gasteiger charge is 2.27. The average molecular weight is 298 g/mol. The molecule has 0 bridgehead atoms. The minimum atomic E-state index is 0.244. The molecule has 1 saturated heterocycles. The van der Waals surface area contributed by atoms with Crippen LogP contribution in [0.3, 0.4) is 0 Å². The molecule has 2 rings (SSSR count). The van der Waals surface area contributed by atoms with Crippen LogP contribution in [-0.4, -0.2) is 29.7 Å². The van der Waals surface area contributed by atoms with Gasteiger partial charge in [-0.3, -0.25) is 4.90 Å². The third kappa shape index (κ3) is 3.09. The fourth-order valence-corrected chi connectivity index (χ4v) is 3.13. The van der Waals surface area contributed by atoms with E-state index in [0.717, 1.165) is 17.6 Å². The van der Waals surface area contributed by atoms with Crippen molar-refractivity contribution in [2.75, 3.05) is 19.7 Å². The molecule has 94 valence electrons. The Labute approximate surface area is 112 Å². The molecule has 1 N–H and O–H groups in total. The number of halogens is 1. The van der Waals surface area contributed by atoms with E-state index in [9.17, 15) is 5.11 Å². The van der Waals surface area contributed by atoms with Crippen molar-refractivity contribution in [3.05, 3.63) is 34.3 Å². The van der Waals surface area contributed by atoms with Crippen LogP contribution in [-0.2, 0) is 0 Å². The number of hydrogen-bond acceptors (Lipinski definition) is 2. The molecular weight excluding hydrogens is 278 g/mol. The second-order valence-corrected chi connectivity index (χ2v) is 5.82. The van der Waals surface area contributed by atoms with Gasteiger partial charge in [0.25, 0.3) is 0 Å². The van der Waals surface area contributed by atoms with E-state index in [1.807, 2.05) is 6.07 Å². The highest BCUT2D eigenvalue weighted by atomic mass is 79.9. The fourth-order valence-electron chi connectivity index (χ4n) is 2.71. The molecule has 1 fully saturated rings. The maximum absolute atomic E-state index is 9.46. The number of hydrogen-bond donors (Lipinski definition) is 1. The summed E-state index contributed by atoms with van der Waals surface area (Å²) >= 11 is 3.53. The monoisotopic (exact) mass is 297 g/mol. The average Bonchev–Trinajstić information content (AvgIpc) is 2.83. The summed E-state index contributed by atoms with van der Waals surface area (Å²) in [5.74, 6) is 0.280.